The van der Waals surface area contributed by atoms with Crippen LogP contribution in [0.3, 0.4) is 0 Å². The number of hydrogen-bond donors (Lipinski definition) is 2. The van der Waals surface area contributed by atoms with Gasteiger partial charge in [0.1, 0.15) is 0 Å². The van der Waals surface area contributed by atoms with E-state index in [2.05, 4.69) is 9.98 Å². The molecule has 2 rings (SSSR count). The van der Waals surface area contributed by atoms with Crippen molar-refractivity contribution in [3.05, 3.63) is 84.2 Å². The third-order valence-corrected chi connectivity index (χ3v) is 3.91. The van der Waals surface area contributed by atoms with E-state index in [0.717, 1.165) is 11.4 Å². The molecule has 0 heterocycles. The van der Waals surface area contributed by atoms with Crippen LogP contribution in [0.2, 0.25) is 0 Å². The van der Waals surface area contributed by atoms with Gasteiger partial charge in [-0.1, -0.05) is 36.4 Å². The number of allylic oxidation sites excluding steroid dienone is 2. The Labute approximate surface area is 149 Å². The molecule has 0 unspecified atom stereocenters. The number of nitrogens with two attached hydrogens (primary N) is 2. The summed E-state index contributed by atoms with van der Waals surface area (Å²) in [6, 6.07) is 19.4. The predicted molar refractivity (Wildman–Crippen MR) is 108 cm³/mol. The quantitative estimate of drug-likeness (QED) is 0.764. The molecule has 0 spiro atoms. The molecule has 0 bridgehead atoms. The van der Waals surface area contributed by atoms with Gasteiger partial charge in [0.05, 0.1) is 11.4 Å². The third-order valence-electron chi connectivity index (χ3n) is 3.91. The molecule has 4 N–H and O–H groups in total. The molecule has 0 aliphatic rings. The largest absolute Gasteiger partial charge is 0.401 e. The molecule has 2 aromatic carbocycles. The zero-order valence-electron chi connectivity index (χ0n) is 14.6. The minimum Gasteiger partial charge on any atom is -0.401 e. The summed E-state index contributed by atoms with van der Waals surface area (Å²) in [7, 11) is 0. The van der Waals surface area contributed by atoms with Crippen LogP contribution in [0.25, 0.3) is 0 Å². The summed E-state index contributed by atoms with van der Waals surface area (Å²) in [6.07, 6.45) is 6.94. The van der Waals surface area contributed by atoms with Crippen LogP contribution in [0.15, 0.2) is 94.2 Å². The summed E-state index contributed by atoms with van der Waals surface area (Å²) in [5.41, 5.74) is 14.9. The minimum atomic E-state index is -0.495. The van der Waals surface area contributed by atoms with E-state index in [1.54, 1.807) is 24.6 Å². The maximum atomic E-state index is 6.20. The first kappa shape index (κ1) is 18.2. The number of hydrogen-bond acceptors (Lipinski definition) is 4. The van der Waals surface area contributed by atoms with Gasteiger partial charge in [0.15, 0.2) is 0 Å². The number of rotatable bonds is 6. The first-order valence-corrected chi connectivity index (χ1v) is 8.11. The van der Waals surface area contributed by atoms with Crippen LogP contribution in [-0.2, 0) is 0 Å². The average molecular weight is 332 g/mol. The second-order valence-corrected chi connectivity index (χ2v) is 6.10. The van der Waals surface area contributed by atoms with Crippen LogP contribution in [0, 0.1) is 5.41 Å². The monoisotopic (exact) mass is 332 g/mol. The second kappa shape index (κ2) is 8.64. The van der Waals surface area contributed by atoms with Gasteiger partial charge in [0, 0.05) is 29.2 Å². The lowest BCUT2D eigenvalue weighted by atomic mass is 9.85. The van der Waals surface area contributed by atoms with E-state index < -0.39 is 5.41 Å². The van der Waals surface area contributed by atoms with Crippen LogP contribution < -0.4 is 11.5 Å². The van der Waals surface area contributed by atoms with Crippen molar-refractivity contribution in [3.63, 3.8) is 0 Å². The Morgan fingerprint density at radius 1 is 0.720 bits per heavy atom. The lowest BCUT2D eigenvalue weighted by molar-refractivity contribution is 0.526. The zero-order valence-corrected chi connectivity index (χ0v) is 14.6. The van der Waals surface area contributed by atoms with Gasteiger partial charge in [0.2, 0.25) is 0 Å². The molecule has 0 fully saturated rings. The average Bonchev–Trinajstić information content (AvgIpc) is 2.63. The summed E-state index contributed by atoms with van der Waals surface area (Å²) in [5, 5.41) is 0. The maximum Gasteiger partial charge on any atom is 0.0629 e. The molecule has 0 saturated carbocycles. The molecule has 2 aromatic rings. The lowest BCUT2D eigenvalue weighted by Gasteiger charge is -2.25. The van der Waals surface area contributed by atoms with E-state index in [1.807, 2.05) is 74.5 Å². The topological polar surface area (TPSA) is 76.8 Å². The van der Waals surface area contributed by atoms with Crippen molar-refractivity contribution >= 4 is 23.8 Å². The van der Waals surface area contributed by atoms with E-state index in [0.29, 0.717) is 11.4 Å². The van der Waals surface area contributed by atoms with Crippen LogP contribution in [-0.4, -0.2) is 12.4 Å². The summed E-state index contributed by atoms with van der Waals surface area (Å²) in [4.78, 5) is 8.71. The highest BCUT2D eigenvalue weighted by Gasteiger charge is 2.23. The first-order chi connectivity index (χ1) is 12.0. The van der Waals surface area contributed by atoms with Gasteiger partial charge in [-0.25, -0.2) is 0 Å². The molecule has 0 saturated heterocycles. The predicted octanol–water partition coefficient (Wildman–Crippen LogP) is 4.50. The van der Waals surface area contributed by atoms with Crippen molar-refractivity contribution in [1.29, 1.82) is 0 Å². The van der Waals surface area contributed by atoms with Crippen molar-refractivity contribution in [1.82, 2.24) is 0 Å². The van der Waals surface area contributed by atoms with Gasteiger partial charge < -0.3 is 11.5 Å². The van der Waals surface area contributed by atoms with E-state index >= 15 is 0 Å². The van der Waals surface area contributed by atoms with Crippen LogP contribution in [0.4, 0.5) is 11.4 Å². The standard InChI is InChI=1S/C21H24N4/c1-21(2,19(22)13-15-24-17-9-5-3-6-10-17)20(23)14-16-25-18-11-7-4-8-12-18/h3-16H,22-23H2,1-2H3/b19-13-,20-14-,24-15?,25-16?. The highest BCUT2D eigenvalue weighted by molar-refractivity contribution is 5.77. The summed E-state index contributed by atoms with van der Waals surface area (Å²) < 4.78 is 0. The van der Waals surface area contributed by atoms with E-state index in [-0.39, 0.29) is 0 Å². The fraction of sp³-hybridized carbons (Fsp3) is 0.143. The number of aliphatic imine (C=N–C) groups is 2. The molecule has 0 aliphatic carbocycles. The highest BCUT2D eigenvalue weighted by atomic mass is 14.7. The van der Waals surface area contributed by atoms with Crippen molar-refractivity contribution in [2.45, 2.75) is 13.8 Å². The molecule has 0 radical (unpaired) electrons. The fourth-order valence-electron chi connectivity index (χ4n) is 2.02. The maximum absolute atomic E-state index is 6.20. The normalized spacial score (nSPS) is 13.7. The second-order valence-electron chi connectivity index (χ2n) is 6.10. The Morgan fingerprint density at radius 2 is 1.08 bits per heavy atom. The third kappa shape index (κ3) is 5.46. The molecular formula is C21H24N4. The fourth-order valence-corrected chi connectivity index (χ4v) is 2.02. The Balaban J connectivity index is 2.07. The SMILES string of the molecule is CC(C)(/C(N)=C/C=Nc1ccccc1)/C(N)=C/C=Nc1ccccc1. The number of nitrogens with zero attached hydrogens (tertiary/aromatic N) is 2. The van der Waals surface area contributed by atoms with Crippen molar-refractivity contribution in [2.24, 2.45) is 26.9 Å². The summed E-state index contributed by atoms with van der Waals surface area (Å²) in [5.74, 6) is 0. The van der Waals surface area contributed by atoms with Gasteiger partial charge >= 0.3 is 0 Å². The molecule has 4 heteroatoms. The minimum absolute atomic E-state index is 0.495. The van der Waals surface area contributed by atoms with E-state index in [4.69, 9.17) is 11.5 Å². The molecule has 128 valence electrons. The molecule has 25 heavy (non-hydrogen) atoms. The summed E-state index contributed by atoms with van der Waals surface area (Å²) in [6.45, 7) is 3.94. The zero-order chi connectivity index (χ0) is 18.1. The summed E-state index contributed by atoms with van der Waals surface area (Å²) >= 11 is 0. The van der Waals surface area contributed by atoms with Gasteiger partial charge in [-0.05, 0) is 50.3 Å². The Hall–Kier alpha value is -3.14. The Morgan fingerprint density at radius 3 is 1.44 bits per heavy atom. The number of para-hydroxylation sites is 2. The van der Waals surface area contributed by atoms with E-state index in [9.17, 15) is 0 Å². The van der Waals surface area contributed by atoms with Crippen molar-refractivity contribution < 1.29 is 0 Å². The van der Waals surface area contributed by atoms with Crippen LogP contribution >= 0.6 is 0 Å². The van der Waals surface area contributed by atoms with Gasteiger partial charge in [-0.2, -0.15) is 0 Å². The van der Waals surface area contributed by atoms with Crippen molar-refractivity contribution in [3.8, 4) is 0 Å². The van der Waals surface area contributed by atoms with Gasteiger partial charge in [-0.15, -0.1) is 0 Å². The van der Waals surface area contributed by atoms with Crippen LogP contribution in [0.5, 0.6) is 0 Å². The molecule has 0 aliphatic heterocycles. The molecule has 0 amide bonds. The van der Waals surface area contributed by atoms with E-state index in [1.165, 1.54) is 0 Å². The number of benzene rings is 2. The Bertz CT molecular complexity index is 718. The first-order valence-electron chi connectivity index (χ1n) is 8.11. The smallest absolute Gasteiger partial charge is 0.0629 e. The molecule has 0 aromatic heterocycles. The Kier molecular flexibility index (Phi) is 6.29. The molecule has 0 atom stereocenters. The van der Waals surface area contributed by atoms with Crippen molar-refractivity contribution in [2.75, 3.05) is 0 Å². The van der Waals surface area contributed by atoms with Crippen LogP contribution in [0.1, 0.15) is 13.8 Å². The lowest BCUT2D eigenvalue weighted by Crippen LogP contribution is -2.28. The van der Waals surface area contributed by atoms with Gasteiger partial charge in [-0.3, -0.25) is 9.98 Å². The molecule has 4 nitrogen and oxygen atoms in total. The van der Waals surface area contributed by atoms with Gasteiger partial charge in [0.25, 0.3) is 0 Å². The highest BCUT2D eigenvalue weighted by Crippen LogP contribution is 2.28. The molecular weight excluding hydrogens is 308 g/mol.